The van der Waals surface area contributed by atoms with E-state index < -0.39 is 11.5 Å². The van der Waals surface area contributed by atoms with Crippen LogP contribution in [0, 0.1) is 0 Å². The van der Waals surface area contributed by atoms with Crippen LogP contribution in [0.15, 0.2) is 42.1 Å². The van der Waals surface area contributed by atoms with Crippen molar-refractivity contribution in [3.8, 4) is 0 Å². The highest BCUT2D eigenvalue weighted by Gasteiger charge is 2.17. The Morgan fingerprint density at radius 2 is 1.72 bits per heavy atom. The van der Waals surface area contributed by atoms with Gasteiger partial charge in [-0.1, -0.05) is 30.3 Å². The molecule has 1 aromatic rings. The van der Waals surface area contributed by atoms with E-state index in [2.05, 4.69) is 5.32 Å². The van der Waals surface area contributed by atoms with E-state index in [0.717, 1.165) is 6.08 Å². The van der Waals surface area contributed by atoms with Gasteiger partial charge < -0.3 is 10.4 Å². The Hall–Kier alpha value is -2.10. The lowest BCUT2D eigenvalue weighted by Gasteiger charge is -2.22. The summed E-state index contributed by atoms with van der Waals surface area (Å²) < 4.78 is 0. The summed E-state index contributed by atoms with van der Waals surface area (Å²) >= 11 is 0. The van der Waals surface area contributed by atoms with E-state index in [9.17, 15) is 9.59 Å². The summed E-state index contributed by atoms with van der Waals surface area (Å²) in [5.41, 5.74) is -0.0513. The molecule has 0 saturated heterocycles. The van der Waals surface area contributed by atoms with Gasteiger partial charge in [-0.25, -0.2) is 4.79 Å². The van der Waals surface area contributed by atoms with Gasteiger partial charge in [-0.15, -0.1) is 0 Å². The minimum absolute atomic E-state index is 0.101. The molecule has 0 spiro atoms. The van der Waals surface area contributed by atoms with Crippen LogP contribution < -0.4 is 5.32 Å². The fourth-order valence-electron chi connectivity index (χ4n) is 1.37. The third-order valence-electron chi connectivity index (χ3n) is 2.07. The molecule has 0 aliphatic rings. The minimum atomic E-state index is -1.14. The van der Waals surface area contributed by atoms with Crippen LogP contribution in [0.3, 0.4) is 0 Å². The Morgan fingerprint density at radius 1 is 1.17 bits per heavy atom. The number of carboxylic acids is 1. The van der Waals surface area contributed by atoms with Crippen molar-refractivity contribution in [1.82, 2.24) is 5.32 Å². The molecule has 0 fully saturated rings. The number of allylic oxidation sites excluding steroid dienone is 1. The Kier molecular flexibility index (Phi) is 4.26. The van der Waals surface area contributed by atoms with Crippen molar-refractivity contribution in [2.24, 2.45) is 0 Å². The Morgan fingerprint density at radius 3 is 2.17 bits per heavy atom. The molecule has 0 unspecified atom stereocenters. The SMILES string of the molecule is CC(C)(C)N/C(=C\C(=O)c1ccccc1)C(=O)O. The summed E-state index contributed by atoms with van der Waals surface area (Å²) in [5.74, 6) is -1.47. The molecule has 1 rings (SSSR count). The lowest BCUT2D eigenvalue weighted by Crippen LogP contribution is -2.38. The van der Waals surface area contributed by atoms with E-state index in [1.165, 1.54) is 0 Å². The van der Waals surface area contributed by atoms with Gasteiger partial charge in [0.05, 0.1) is 0 Å². The van der Waals surface area contributed by atoms with Crippen LogP contribution in [0.25, 0.3) is 0 Å². The molecule has 2 N–H and O–H groups in total. The molecular formula is C14H17NO3. The highest BCUT2D eigenvalue weighted by atomic mass is 16.4. The first-order chi connectivity index (χ1) is 8.29. The number of aliphatic carboxylic acids is 1. The second kappa shape index (κ2) is 5.49. The smallest absolute Gasteiger partial charge is 0.352 e. The molecule has 1 aromatic carbocycles. The number of carbonyl (C=O) groups is 2. The van der Waals surface area contributed by atoms with Crippen LogP contribution in [0.4, 0.5) is 0 Å². The van der Waals surface area contributed by atoms with E-state index in [1.54, 1.807) is 30.3 Å². The molecule has 4 heteroatoms. The standard InChI is InChI=1S/C14H17NO3/c1-14(2,3)15-11(13(17)18)9-12(16)10-7-5-4-6-8-10/h4-9,15H,1-3H3,(H,17,18)/b11-9-. The summed E-state index contributed by atoms with van der Waals surface area (Å²) in [6, 6.07) is 8.56. The van der Waals surface area contributed by atoms with Crippen LogP contribution in [0.2, 0.25) is 0 Å². The summed E-state index contributed by atoms with van der Waals surface area (Å²) in [6.45, 7) is 5.49. The molecule has 0 aromatic heterocycles. The van der Waals surface area contributed by atoms with Gasteiger partial charge in [-0.3, -0.25) is 4.79 Å². The molecule has 0 aliphatic carbocycles. The molecule has 0 heterocycles. The number of hydrogen-bond acceptors (Lipinski definition) is 3. The van der Waals surface area contributed by atoms with Crippen molar-refractivity contribution in [2.75, 3.05) is 0 Å². The normalized spacial score (nSPS) is 12.1. The second-order valence-corrected chi connectivity index (χ2v) is 4.97. The van der Waals surface area contributed by atoms with Gasteiger partial charge in [-0.2, -0.15) is 0 Å². The molecule has 0 saturated carbocycles. The monoisotopic (exact) mass is 247 g/mol. The quantitative estimate of drug-likeness (QED) is 0.632. The van der Waals surface area contributed by atoms with Crippen LogP contribution in [-0.4, -0.2) is 22.4 Å². The molecule has 0 radical (unpaired) electrons. The Bertz CT molecular complexity index is 470. The van der Waals surface area contributed by atoms with E-state index in [1.807, 2.05) is 20.8 Å². The second-order valence-electron chi connectivity index (χ2n) is 4.97. The Labute approximate surface area is 106 Å². The number of carboxylic acid groups (broad SMARTS) is 1. The van der Waals surface area contributed by atoms with Crippen molar-refractivity contribution < 1.29 is 14.7 Å². The zero-order valence-corrected chi connectivity index (χ0v) is 10.7. The predicted molar refractivity (Wildman–Crippen MR) is 69.4 cm³/mol. The van der Waals surface area contributed by atoms with Gasteiger partial charge in [0.2, 0.25) is 0 Å². The lowest BCUT2D eigenvalue weighted by molar-refractivity contribution is -0.133. The van der Waals surface area contributed by atoms with Crippen LogP contribution in [-0.2, 0) is 4.79 Å². The molecule has 96 valence electrons. The number of nitrogens with one attached hydrogen (secondary N) is 1. The number of hydrogen-bond donors (Lipinski definition) is 2. The average molecular weight is 247 g/mol. The van der Waals surface area contributed by atoms with Gasteiger partial charge in [0.25, 0.3) is 0 Å². The predicted octanol–water partition coefficient (Wildman–Crippen LogP) is 2.23. The average Bonchev–Trinajstić information content (AvgIpc) is 2.27. The molecule has 0 aliphatic heterocycles. The number of rotatable bonds is 4. The van der Waals surface area contributed by atoms with Crippen LogP contribution in [0.5, 0.6) is 0 Å². The zero-order valence-electron chi connectivity index (χ0n) is 10.7. The maximum atomic E-state index is 11.9. The summed E-state index contributed by atoms with van der Waals surface area (Å²) in [5, 5.41) is 11.8. The van der Waals surface area contributed by atoms with Crippen molar-refractivity contribution in [2.45, 2.75) is 26.3 Å². The van der Waals surface area contributed by atoms with E-state index in [4.69, 9.17) is 5.11 Å². The summed E-state index contributed by atoms with van der Waals surface area (Å²) in [4.78, 5) is 22.9. The molecule has 0 amide bonds. The fourth-order valence-corrected chi connectivity index (χ4v) is 1.37. The largest absolute Gasteiger partial charge is 0.477 e. The maximum Gasteiger partial charge on any atom is 0.352 e. The van der Waals surface area contributed by atoms with E-state index in [0.29, 0.717) is 5.56 Å². The lowest BCUT2D eigenvalue weighted by atomic mass is 10.1. The first-order valence-corrected chi connectivity index (χ1v) is 5.62. The van der Waals surface area contributed by atoms with Gasteiger partial charge in [-0.05, 0) is 20.8 Å². The molecule has 18 heavy (non-hydrogen) atoms. The van der Waals surface area contributed by atoms with E-state index in [-0.39, 0.29) is 11.5 Å². The van der Waals surface area contributed by atoms with Gasteiger partial charge in [0.15, 0.2) is 5.78 Å². The van der Waals surface area contributed by atoms with Crippen molar-refractivity contribution in [3.05, 3.63) is 47.7 Å². The highest BCUT2D eigenvalue weighted by Crippen LogP contribution is 2.07. The molecular weight excluding hydrogens is 230 g/mol. The van der Waals surface area contributed by atoms with Crippen LogP contribution in [0.1, 0.15) is 31.1 Å². The van der Waals surface area contributed by atoms with Crippen molar-refractivity contribution >= 4 is 11.8 Å². The first kappa shape index (κ1) is 14.0. The highest BCUT2D eigenvalue weighted by molar-refractivity contribution is 6.08. The Balaban J connectivity index is 2.97. The number of carbonyl (C=O) groups excluding carboxylic acids is 1. The summed E-state index contributed by atoms with van der Waals surface area (Å²) in [7, 11) is 0. The topological polar surface area (TPSA) is 66.4 Å². The first-order valence-electron chi connectivity index (χ1n) is 5.62. The molecule has 0 atom stereocenters. The summed E-state index contributed by atoms with van der Waals surface area (Å²) in [6.07, 6.45) is 1.11. The third-order valence-corrected chi connectivity index (χ3v) is 2.07. The van der Waals surface area contributed by atoms with E-state index >= 15 is 0 Å². The number of ketones is 1. The van der Waals surface area contributed by atoms with Gasteiger partial charge in [0, 0.05) is 17.2 Å². The third kappa shape index (κ3) is 4.41. The van der Waals surface area contributed by atoms with Gasteiger partial charge >= 0.3 is 5.97 Å². The molecule has 0 bridgehead atoms. The fraction of sp³-hybridized carbons (Fsp3) is 0.286. The van der Waals surface area contributed by atoms with Crippen molar-refractivity contribution in [1.29, 1.82) is 0 Å². The van der Waals surface area contributed by atoms with Crippen molar-refractivity contribution in [3.63, 3.8) is 0 Å². The minimum Gasteiger partial charge on any atom is -0.477 e. The number of benzene rings is 1. The maximum absolute atomic E-state index is 11.9. The zero-order chi connectivity index (χ0) is 13.8. The molecule has 4 nitrogen and oxygen atoms in total. The van der Waals surface area contributed by atoms with Gasteiger partial charge in [0.1, 0.15) is 5.70 Å². The van der Waals surface area contributed by atoms with Crippen LogP contribution >= 0.6 is 0 Å².